The Bertz CT molecular complexity index is 1370. The van der Waals surface area contributed by atoms with E-state index in [0.29, 0.717) is 11.5 Å². The van der Waals surface area contributed by atoms with Crippen LogP contribution in [0.4, 0.5) is 11.4 Å². The summed E-state index contributed by atoms with van der Waals surface area (Å²) in [4.78, 5) is 5.32. The van der Waals surface area contributed by atoms with E-state index in [0.717, 1.165) is 13.1 Å². The van der Waals surface area contributed by atoms with Gasteiger partial charge in [0.15, 0.2) is 0 Å². The van der Waals surface area contributed by atoms with Crippen LogP contribution in [0.5, 0.6) is 11.5 Å². The quantitative estimate of drug-likeness (QED) is 0.255. The third-order valence-electron chi connectivity index (χ3n) is 9.90. The van der Waals surface area contributed by atoms with Gasteiger partial charge < -0.3 is 20.0 Å². The monoisotopic (exact) mass is 546 g/mol. The van der Waals surface area contributed by atoms with Crippen LogP contribution in [0.1, 0.15) is 75.6 Å². The molecule has 0 saturated carbocycles. The van der Waals surface area contributed by atoms with Crippen LogP contribution >= 0.6 is 0 Å². The van der Waals surface area contributed by atoms with Gasteiger partial charge in [-0.25, -0.2) is 0 Å². The third-order valence-corrected chi connectivity index (χ3v) is 9.90. The Morgan fingerprint density at radius 1 is 0.488 bits per heavy atom. The Labute approximate surface area is 244 Å². The lowest BCUT2D eigenvalue weighted by molar-refractivity contribution is 0.441. The van der Waals surface area contributed by atoms with Gasteiger partial charge in [0.05, 0.1) is 0 Å². The number of hydrogen-bond donors (Lipinski definition) is 2. The molecule has 4 aromatic rings. The summed E-state index contributed by atoms with van der Waals surface area (Å²) in [6.45, 7) is 11.1. The van der Waals surface area contributed by atoms with E-state index in [1.165, 1.54) is 59.3 Å². The molecule has 2 fully saturated rings. The summed E-state index contributed by atoms with van der Waals surface area (Å²) in [5.41, 5.74) is 7.25. The summed E-state index contributed by atoms with van der Waals surface area (Å²) in [7, 11) is 0. The molecule has 1 spiro atoms. The fourth-order valence-electron chi connectivity index (χ4n) is 7.21. The minimum absolute atomic E-state index is 0.0159. The topological polar surface area (TPSA) is 46.9 Å². The molecule has 2 N–H and O–H groups in total. The smallest absolute Gasteiger partial charge is 0.115 e. The van der Waals surface area contributed by atoms with Crippen molar-refractivity contribution >= 4 is 11.4 Å². The van der Waals surface area contributed by atoms with Crippen LogP contribution in [0.15, 0.2) is 97.1 Å². The second-order valence-corrected chi connectivity index (χ2v) is 12.9. The fraction of sp³-hybridized carbons (Fsp3) is 0.351. The Hall–Kier alpha value is -3.92. The number of phenols is 2. The molecule has 0 amide bonds. The zero-order valence-corrected chi connectivity index (χ0v) is 24.8. The second kappa shape index (κ2) is 10.2. The highest BCUT2D eigenvalue weighted by Gasteiger charge is 2.49. The summed E-state index contributed by atoms with van der Waals surface area (Å²) in [6, 6.07) is 33.6. The molecule has 2 aliphatic heterocycles. The molecule has 4 heteroatoms. The zero-order chi connectivity index (χ0) is 28.8. The van der Waals surface area contributed by atoms with E-state index < -0.39 is 0 Å². The zero-order valence-electron chi connectivity index (χ0n) is 24.8. The van der Waals surface area contributed by atoms with Crippen molar-refractivity contribution in [2.24, 2.45) is 0 Å². The van der Waals surface area contributed by atoms with Crippen LogP contribution in [0.3, 0.4) is 0 Å². The van der Waals surface area contributed by atoms with Gasteiger partial charge in [0, 0.05) is 35.3 Å². The molecule has 2 aliphatic rings. The van der Waals surface area contributed by atoms with E-state index in [1.807, 2.05) is 24.3 Å². The minimum Gasteiger partial charge on any atom is -0.508 e. The lowest BCUT2D eigenvalue weighted by atomic mass is 9.78. The second-order valence-electron chi connectivity index (χ2n) is 12.9. The maximum absolute atomic E-state index is 9.74. The Balaban J connectivity index is 1.25. The number of rotatable bonds is 6. The van der Waals surface area contributed by atoms with E-state index in [1.54, 1.807) is 24.3 Å². The van der Waals surface area contributed by atoms with E-state index >= 15 is 0 Å². The molecular formula is C37H42N2O2. The number of aromatic hydroxyl groups is 2. The van der Waals surface area contributed by atoms with Crippen molar-refractivity contribution in [2.75, 3.05) is 22.9 Å². The molecule has 0 bridgehead atoms. The Kier molecular flexibility index (Phi) is 6.76. The number of hydrogen-bond acceptors (Lipinski definition) is 4. The summed E-state index contributed by atoms with van der Waals surface area (Å²) >= 11 is 0. The molecular weight excluding hydrogens is 504 g/mol. The van der Waals surface area contributed by atoms with E-state index in [9.17, 15) is 10.2 Å². The van der Waals surface area contributed by atoms with Crippen molar-refractivity contribution in [1.29, 1.82) is 0 Å². The average Bonchev–Trinajstić information content (AvgIpc) is 3.60. The number of anilines is 2. The maximum Gasteiger partial charge on any atom is 0.115 e. The largest absolute Gasteiger partial charge is 0.508 e. The van der Waals surface area contributed by atoms with Crippen molar-refractivity contribution in [3.63, 3.8) is 0 Å². The van der Waals surface area contributed by atoms with Gasteiger partial charge in [0.25, 0.3) is 0 Å². The highest BCUT2D eigenvalue weighted by atomic mass is 16.3. The highest BCUT2D eigenvalue weighted by Crippen LogP contribution is 2.47. The molecule has 0 radical (unpaired) electrons. The number of phenolic OH excluding ortho intramolecular Hbond substituents is 2. The van der Waals surface area contributed by atoms with Gasteiger partial charge in [-0.2, -0.15) is 0 Å². The first kappa shape index (κ1) is 27.3. The first-order valence-electron chi connectivity index (χ1n) is 15.0. The van der Waals surface area contributed by atoms with Crippen LogP contribution < -0.4 is 9.80 Å². The Morgan fingerprint density at radius 3 is 1.10 bits per heavy atom. The summed E-state index contributed by atoms with van der Waals surface area (Å²) in [5, 5.41) is 19.5. The average molecular weight is 547 g/mol. The third kappa shape index (κ3) is 4.73. The molecule has 0 aliphatic carbocycles. The first-order valence-corrected chi connectivity index (χ1v) is 15.0. The number of benzene rings is 4. The van der Waals surface area contributed by atoms with Crippen LogP contribution in [-0.2, 0) is 10.8 Å². The maximum atomic E-state index is 9.74. The molecule has 41 heavy (non-hydrogen) atoms. The van der Waals surface area contributed by atoms with E-state index in [4.69, 9.17) is 0 Å². The molecule has 6 rings (SSSR count). The molecule has 0 aromatic heterocycles. The first-order chi connectivity index (χ1) is 19.6. The van der Waals surface area contributed by atoms with Gasteiger partial charge in [-0.05, 0) is 96.5 Å². The van der Waals surface area contributed by atoms with Gasteiger partial charge in [0.1, 0.15) is 17.2 Å². The molecule has 4 nitrogen and oxygen atoms in total. The molecule has 0 atom stereocenters. The molecule has 2 heterocycles. The van der Waals surface area contributed by atoms with Crippen molar-refractivity contribution in [1.82, 2.24) is 0 Å². The fourth-order valence-corrected chi connectivity index (χ4v) is 7.21. The van der Waals surface area contributed by atoms with Crippen LogP contribution in [0.25, 0.3) is 0 Å². The lowest BCUT2D eigenvalue weighted by Crippen LogP contribution is -2.54. The van der Waals surface area contributed by atoms with Crippen molar-refractivity contribution in [3.05, 3.63) is 119 Å². The van der Waals surface area contributed by atoms with Crippen molar-refractivity contribution < 1.29 is 10.2 Å². The number of nitrogens with zero attached hydrogens (tertiary/aromatic N) is 2. The van der Waals surface area contributed by atoms with Gasteiger partial charge in [-0.1, -0.05) is 76.2 Å². The van der Waals surface area contributed by atoms with Crippen molar-refractivity contribution in [2.45, 2.75) is 69.9 Å². The van der Waals surface area contributed by atoms with Crippen LogP contribution in [0.2, 0.25) is 0 Å². The predicted octanol–water partition coefficient (Wildman–Crippen LogP) is 8.35. The van der Waals surface area contributed by atoms with Gasteiger partial charge in [-0.3, -0.25) is 0 Å². The molecule has 2 saturated heterocycles. The molecule has 4 aromatic carbocycles. The van der Waals surface area contributed by atoms with E-state index in [-0.39, 0.29) is 16.5 Å². The highest BCUT2D eigenvalue weighted by molar-refractivity contribution is 5.61. The standard InChI is InChI=1S/C37H42N2O2/c1-35(2,29-11-19-33(40)20-12-29)27-7-15-31(16-8-27)38-25-5-23-37(38)24-6-26-39(37)32-17-9-28(10-18-32)36(3,4)30-13-21-34(41)22-14-30/h7-22,40-41H,5-6,23-26H2,1-4H3. The predicted molar refractivity (Wildman–Crippen MR) is 169 cm³/mol. The van der Waals surface area contributed by atoms with Gasteiger partial charge in [0.2, 0.25) is 0 Å². The van der Waals surface area contributed by atoms with Crippen LogP contribution in [0, 0.1) is 0 Å². The normalized spacial score (nSPS) is 17.0. The van der Waals surface area contributed by atoms with Crippen molar-refractivity contribution in [3.8, 4) is 11.5 Å². The van der Waals surface area contributed by atoms with Crippen LogP contribution in [-0.4, -0.2) is 29.0 Å². The lowest BCUT2D eigenvalue weighted by Gasteiger charge is -2.45. The minimum atomic E-state index is -0.149. The summed E-state index contributed by atoms with van der Waals surface area (Å²) < 4.78 is 0. The molecule has 212 valence electrons. The summed E-state index contributed by atoms with van der Waals surface area (Å²) in [5.74, 6) is 0.604. The Morgan fingerprint density at radius 2 is 0.780 bits per heavy atom. The van der Waals surface area contributed by atoms with E-state index in [2.05, 4.69) is 86.0 Å². The molecule has 0 unspecified atom stereocenters. The van der Waals surface area contributed by atoms with Gasteiger partial charge >= 0.3 is 0 Å². The SMILES string of the molecule is CC(C)(c1ccc(O)cc1)c1ccc(N2CCCC23CCCN3c2ccc(C(C)(C)c3ccc(O)cc3)cc2)cc1. The van der Waals surface area contributed by atoms with Gasteiger partial charge in [-0.15, -0.1) is 0 Å². The summed E-state index contributed by atoms with van der Waals surface area (Å²) in [6.07, 6.45) is 4.75.